The van der Waals surface area contributed by atoms with Gasteiger partial charge in [-0.25, -0.2) is 4.79 Å². The predicted octanol–water partition coefficient (Wildman–Crippen LogP) is 1.94. The fraction of sp³-hybridized carbons (Fsp3) is 0.800. The van der Waals surface area contributed by atoms with E-state index in [9.17, 15) is 22.8 Å². The van der Waals surface area contributed by atoms with Crippen molar-refractivity contribution >= 4 is 11.9 Å². The summed E-state index contributed by atoms with van der Waals surface area (Å²) in [6.07, 6.45) is -5.89. The van der Waals surface area contributed by atoms with Gasteiger partial charge in [0, 0.05) is 6.42 Å². The number of rotatable bonds is 6. The normalized spacial score (nSPS) is 15.1. The second kappa shape index (κ2) is 6.46. The van der Waals surface area contributed by atoms with Crippen molar-refractivity contribution in [3.8, 4) is 0 Å². The molecule has 0 fully saturated rings. The molecular weight excluding hydrogens is 239 g/mol. The number of carbonyl (C=O) groups is 2. The highest BCUT2D eigenvalue weighted by Gasteiger charge is 2.30. The highest BCUT2D eigenvalue weighted by Crippen LogP contribution is 2.21. The number of hydrogen-bond donors (Lipinski definition) is 2. The van der Waals surface area contributed by atoms with Gasteiger partial charge < -0.3 is 10.4 Å². The fourth-order valence-corrected chi connectivity index (χ4v) is 1.18. The highest BCUT2D eigenvalue weighted by molar-refractivity contribution is 5.83. The van der Waals surface area contributed by atoms with E-state index in [0.29, 0.717) is 6.42 Å². The van der Waals surface area contributed by atoms with E-state index in [-0.39, 0.29) is 5.92 Å². The molecule has 0 rings (SSSR count). The van der Waals surface area contributed by atoms with Crippen LogP contribution < -0.4 is 5.32 Å². The van der Waals surface area contributed by atoms with Gasteiger partial charge >= 0.3 is 12.1 Å². The molecule has 2 atom stereocenters. The standard InChI is InChI=1S/C10H16F3NO3/c1-3-6(2)8(9(16)17)14-7(15)4-5-10(11,12)13/h6,8H,3-5H2,1-2H3,(H,14,15)(H,16,17)/t6?,8-/m0/s1. The van der Waals surface area contributed by atoms with Gasteiger partial charge in [0.1, 0.15) is 6.04 Å². The molecule has 0 aliphatic carbocycles. The van der Waals surface area contributed by atoms with Gasteiger partial charge in [0.2, 0.25) is 5.91 Å². The minimum absolute atomic E-state index is 0.331. The molecule has 0 heterocycles. The molecule has 0 spiro atoms. The van der Waals surface area contributed by atoms with E-state index in [1.54, 1.807) is 13.8 Å². The first kappa shape index (κ1) is 15.7. The Morgan fingerprint density at radius 2 is 1.88 bits per heavy atom. The van der Waals surface area contributed by atoms with Crippen LogP contribution in [0.4, 0.5) is 13.2 Å². The van der Waals surface area contributed by atoms with Crippen molar-refractivity contribution in [2.24, 2.45) is 5.92 Å². The zero-order chi connectivity index (χ0) is 13.6. The smallest absolute Gasteiger partial charge is 0.389 e. The van der Waals surface area contributed by atoms with Crippen molar-refractivity contribution < 1.29 is 27.9 Å². The molecule has 0 aromatic rings. The van der Waals surface area contributed by atoms with E-state index < -0.39 is 36.9 Å². The Morgan fingerprint density at radius 3 is 2.24 bits per heavy atom. The SMILES string of the molecule is CCC(C)[C@H](NC(=O)CCC(F)(F)F)C(=O)O. The van der Waals surface area contributed by atoms with Crippen molar-refractivity contribution in [1.82, 2.24) is 5.32 Å². The van der Waals surface area contributed by atoms with E-state index in [4.69, 9.17) is 5.11 Å². The van der Waals surface area contributed by atoms with Crippen LogP contribution in [0.5, 0.6) is 0 Å². The topological polar surface area (TPSA) is 66.4 Å². The fourth-order valence-electron chi connectivity index (χ4n) is 1.18. The van der Waals surface area contributed by atoms with Crippen LogP contribution in [0.1, 0.15) is 33.1 Å². The maximum atomic E-state index is 11.8. The number of nitrogens with one attached hydrogen (secondary N) is 1. The molecular formula is C10H16F3NO3. The van der Waals surface area contributed by atoms with Crippen molar-refractivity contribution in [2.75, 3.05) is 0 Å². The highest BCUT2D eigenvalue weighted by atomic mass is 19.4. The molecule has 0 aliphatic heterocycles. The van der Waals surface area contributed by atoms with Gasteiger partial charge in [0.05, 0.1) is 6.42 Å². The zero-order valence-corrected chi connectivity index (χ0v) is 9.67. The molecule has 4 nitrogen and oxygen atoms in total. The van der Waals surface area contributed by atoms with Crippen LogP contribution in [0.15, 0.2) is 0 Å². The Morgan fingerprint density at radius 1 is 1.35 bits per heavy atom. The summed E-state index contributed by atoms with van der Waals surface area (Å²) < 4.78 is 35.5. The van der Waals surface area contributed by atoms with Gasteiger partial charge in [-0.1, -0.05) is 20.3 Å². The van der Waals surface area contributed by atoms with Gasteiger partial charge in [-0.05, 0) is 5.92 Å². The van der Waals surface area contributed by atoms with Gasteiger partial charge in [-0.3, -0.25) is 4.79 Å². The monoisotopic (exact) mass is 255 g/mol. The van der Waals surface area contributed by atoms with Crippen LogP contribution in [0.25, 0.3) is 0 Å². The Bertz CT molecular complexity index is 278. The van der Waals surface area contributed by atoms with Crippen molar-refractivity contribution in [3.63, 3.8) is 0 Å². The van der Waals surface area contributed by atoms with Crippen molar-refractivity contribution in [3.05, 3.63) is 0 Å². The zero-order valence-electron chi connectivity index (χ0n) is 9.67. The first-order chi connectivity index (χ1) is 7.67. The molecule has 0 aromatic heterocycles. The lowest BCUT2D eigenvalue weighted by Gasteiger charge is -2.20. The number of hydrogen-bond acceptors (Lipinski definition) is 2. The van der Waals surface area contributed by atoms with Gasteiger partial charge in [-0.2, -0.15) is 13.2 Å². The molecule has 1 amide bonds. The molecule has 100 valence electrons. The van der Waals surface area contributed by atoms with E-state index >= 15 is 0 Å². The summed E-state index contributed by atoms with van der Waals surface area (Å²) in [5, 5.41) is 10.9. The summed E-state index contributed by atoms with van der Waals surface area (Å²) in [7, 11) is 0. The van der Waals surface area contributed by atoms with Gasteiger partial charge in [0.15, 0.2) is 0 Å². The van der Waals surface area contributed by atoms with Crippen LogP contribution >= 0.6 is 0 Å². The Balaban J connectivity index is 4.28. The van der Waals surface area contributed by atoms with Crippen LogP contribution in [-0.4, -0.2) is 29.2 Å². The van der Waals surface area contributed by atoms with E-state index in [1.807, 2.05) is 0 Å². The summed E-state index contributed by atoms with van der Waals surface area (Å²) in [6, 6.07) is -1.14. The molecule has 0 aromatic carbocycles. The third-order valence-corrected chi connectivity index (χ3v) is 2.43. The first-order valence-corrected chi connectivity index (χ1v) is 5.26. The number of alkyl halides is 3. The molecule has 0 bridgehead atoms. The Kier molecular flexibility index (Phi) is 5.98. The molecule has 0 aliphatic rings. The lowest BCUT2D eigenvalue weighted by Crippen LogP contribution is -2.45. The molecule has 0 saturated carbocycles. The minimum atomic E-state index is -4.41. The molecule has 2 N–H and O–H groups in total. The number of carboxylic acid groups (broad SMARTS) is 1. The van der Waals surface area contributed by atoms with Crippen molar-refractivity contribution in [2.45, 2.75) is 45.3 Å². The number of aliphatic carboxylic acids is 1. The number of halogens is 3. The molecule has 0 saturated heterocycles. The number of carboxylic acids is 1. The average Bonchev–Trinajstić information content (AvgIpc) is 2.20. The molecule has 7 heteroatoms. The molecule has 17 heavy (non-hydrogen) atoms. The summed E-state index contributed by atoms with van der Waals surface area (Å²) in [4.78, 5) is 22.0. The van der Waals surface area contributed by atoms with Gasteiger partial charge in [-0.15, -0.1) is 0 Å². The first-order valence-electron chi connectivity index (χ1n) is 5.26. The lowest BCUT2D eigenvalue weighted by atomic mass is 9.99. The van der Waals surface area contributed by atoms with E-state index in [0.717, 1.165) is 0 Å². The number of amides is 1. The van der Waals surface area contributed by atoms with Gasteiger partial charge in [0.25, 0.3) is 0 Å². The summed E-state index contributed by atoms with van der Waals surface area (Å²) in [5.41, 5.74) is 0. The predicted molar refractivity (Wildman–Crippen MR) is 54.3 cm³/mol. The van der Waals surface area contributed by atoms with E-state index in [2.05, 4.69) is 5.32 Å². The second-order valence-electron chi connectivity index (χ2n) is 3.88. The van der Waals surface area contributed by atoms with Crippen LogP contribution in [0.2, 0.25) is 0 Å². The third kappa shape index (κ3) is 6.80. The van der Waals surface area contributed by atoms with Crippen LogP contribution in [-0.2, 0) is 9.59 Å². The summed E-state index contributed by atoms with van der Waals surface area (Å²) in [5.74, 6) is -2.46. The van der Waals surface area contributed by atoms with Crippen molar-refractivity contribution in [1.29, 1.82) is 0 Å². The third-order valence-electron chi connectivity index (χ3n) is 2.43. The summed E-state index contributed by atoms with van der Waals surface area (Å²) in [6.45, 7) is 3.35. The Hall–Kier alpha value is -1.27. The quantitative estimate of drug-likeness (QED) is 0.762. The van der Waals surface area contributed by atoms with Crippen LogP contribution in [0, 0.1) is 5.92 Å². The van der Waals surface area contributed by atoms with Crippen LogP contribution in [0.3, 0.4) is 0 Å². The maximum Gasteiger partial charge on any atom is 0.389 e. The summed E-state index contributed by atoms with van der Waals surface area (Å²) >= 11 is 0. The molecule has 1 unspecified atom stereocenters. The Labute approximate surface area is 97.2 Å². The maximum absolute atomic E-state index is 11.8. The average molecular weight is 255 g/mol. The lowest BCUT2D eigenvalue weighted by molar-refractivity contribution is -0.147. The molecule has 0 radical (unpaired) electrons. The number of carbonyl (C=O) groups excluding carboxylic acids is 1. The largest absolute Gasteiger partial charge is 0.480 e. The minimum Gasteiger partial charge on any atom is -0.480 e. The van der Waals surface area contributed by atoms with E-state index in [1.165, 1.54) is 0 Å². The second-order valence-corrected chi connectivity index (χ2v) is 3.88.